The summed E-state index contributed by atoms with van der Waals surface area (Å²) in [5.41, 5.74) is 3.66. The Bertz CT molecular complexity index is 938. The van der Waals surface area contributed by atoms with Gasteiger partial charge >= 0.3 is 5.76 Å². The van der Waals surface area contributed by atoms with Crippen molar-refractivity contribution in [2.75, 3.05) is 0 Å². The zero-order valence-electron chi connectivity index (χ0n) is 15.2. The van der Waals surface area contributed by atoms with E-state index in [2.05, 4.69) is 36.5 Å². The lowest BCUT2D eigenvalue weighted by atomic mass is 10.0. The number of carbonyl (C=O) groups excluding carboxylic acids is 1. The largest absolute Gasteiger partial charge is 0.419 e. The van der Waals surface area contributed by atoms with Crippen LogP contribution in [0.2, 0.25) is 0 Å². The highest BCUT2D eigenvalue weighted by atomic mass is 16.4. The highest BCUT2D eigenvalue weighted by molar-refractivity contribution is 5.76. The number of para-hydroxylation sites is 2. The van der Waals surface area contributed by atoms with Crippen LogP contribution in [0.5, 0.6) is 0 Å². The SMILES string of the molecule is CC[C@H](NC(=O)CCCn1c(=O)oc2ccccc21)c1ccc(C)cc1. The van der Waals surface area contributed by atoms with Crippen molar-refractivity contribution in [3.05, 3.63) is 70.2 Å². The van der Waals surface area contributed by atoms with Crippen molar-refractivity contribution in [1.29, 1.82) is 0 Å². The Kier molecular flexibility index (Phi) is 5.56. The lowest BCUT2D eigenvalue weighted by Gasteiger charge is -2.17. The Morgan fingerprint density at radius 1 is 1.15 bits per heavy atom. The number of aryl methyl sites for hydroxylation is 2. The number of benzene rings is 2. The number of aromatic nitrogens is 1. The van der Waals surface area contributed by atoms with Crippen LogP contribution in [0, 0.1) is 6.92 Å². The Morgan fingerprint density at radius 3 is 2.62 bits per heavy atom. The van der Waals surface area contributed by atoms with E-state index in [1.165, 1.54) is 5.56 Å². The summed E-state index contributed by atoms with van der Waals surface area (Å²) in [7, 11) is 0. The molecule has 136 valence electrons. The van der Waals surface area contributed by atoms with E-state index in [0.717, 1.165) is 17.5 Å². The van der Waals surface area contributed by atoms with Crippen LogP contribution in [0.4, 0.5) is 0 Å². The summed E-state index contributed by atoms with van der Waals surface area (Å²) in [6, 6.07) is 15.6. The van der Waals surface area contributed by atoms with Crippen molar-refractivity contribution >= 4 is 17.0 Å². The highest BCUT2D eigenvalue weighted by Crippen LogP contribution is 2.17. The number of nitrogens with zero attached hydrogens (tertiary/aromatic N) is 1. The first-order chi connectivity index (χ1) is 12.6. The van der Waals surface area contributed by atoms with Gasteiger partial charge in [-0.15, -0.1) is 0 Å². The molecule has 1 amide bonds. The molecule has 5 nitrogen and oxygen atoms in total. The number of nitrogens with one attached hydrogen (secondary N) is 1. The maximum Gasteiger partial charge on any atom is 0.419 e. The van der Waals surface area contributed by atoms with E-state index in [0.29, 0.717) is 25.0 Å². The molecule has 0 saturated carbocycles. The summed E-state index contributed by atoms with van der Waals surface area (Å²) in [5.74, 6) is -0.379. The van der Waals surface area contributed by atoms with Gasteiger partial charge in [-0.3, -0.25) is 9.36 Å². The second-order valence-electron chi connectivity index (χ2n) is 6.53. The number of hydrogen-bond donors (Lipinski definition) is 1. The molecule has 26 heavy (non-hydrogen) atoms. The smallest absolute Gasteiger partial charge is 0.408 e. The number of carbonyl (C=O) groups is 1. The van der Waals surface area contributed by atoms with Crippen LogP contribution in [0.25, 0.3) is 11.1 Å². The van der Waals surface area contributed by atoms with Crippen LogP contribution < -0.4 is 11.1 Å². The van der Waals surface area contributed by atoms with E-state index >= 15 is 0 Å². The summed E-state index contributed by atoms with van der Waals surface area (Å²) in [4.78, 5) is 24.3. The van der Waals surface area contributed by atoms with Gasteiger partial charge < -0.3 is 9.73 Å². The lowest BCUT2D eigenvalue weighted by molar-refractivity contribution is -0.122. The molecule has 0 bridgehead atoms. The summed E-state index contributed by atoms with van der Waals surface area (Å²) >= 11 is 0. The van der Waals surface area contributed by atoms with Gasteiger partial charge in [0.05, 0.1) is 11.6 Å². The highest BCUT2D eigenvalue weighted by Gasteiger charge is 2.13. The average molecular weight is 352 g/mol. The van der Waals surface area contributed by atoms with Gasteiger partial charge in [0.2, 0.25) is 5.91 Å². The Hall–Kier alpha value is -2.82. The van der Waals surface area contributed by atoms with E-state index in [1.807, 2.05) is 25.1 Å². The molecule has 1 aromatic heterocycles. The van der Waals surface area contributed by atoms with Crippen molar-refractivity contribution in [2.24, 2.45) is 0 Å². The molecule has 5 heteroatoms. The van der Waals surface area contributed by atoms with Crippen LogP contribution in [0.3, 0.4) is 0 Å². The van der Waals surface area contributed by atoms with Gasteiger partial charge in [-0.05, 0) is 37.5 Å². The van der Waals surface area contributed by atoms with E-state index in [1.54, 1.807) is 10.6 Å². The summed E-state index contributed by atoms with van der Waals surface area (Å²) in [5, 5.41) is 3.08. The molecular weight excluding hydrogens is 328 g/mol. The molecule has 3 aromatic rings. The Morgan fingerprint density at radius 2 is 1.88 bits per heavy atom. The molecule has 1 heterocycles. The van der Waals surface area contributed by atoms with Gasteiger partial charge in [-0.2, -0.15) is 0 Å². The fourth-order valence-corrected chi connectivity index (χ4v) is 3.11. The lowest BCUT2D eigenvalue weighted by Crippen LogP contribution is -2.28. The van der Waals surface area contributed by atoms with Crippen molar-refractivity contribution in [3.8, 4) is 0 Å². The molecule has 0 aliphatic rings. The number of hydrogen-bond acceptors (Lipinski definition) is 3. The number of fused-ring (bicyclic) bond motifs is 1. The van der Waals surface area contributed by atoms with E-state index in [-0.39, 0.29) is 17.7 Å². The van der Waals surface area contributed by atoms with E-state index in [4.69, 9.17) is 4.42 Å². The van der Waals surface area contributed by atoms with Gasteiger partial charge in [0.15, 0.2) is 5.58 Å². The monoisotopic (exact) mass is 352 g/mol. The minimum Gasteiger partial charge on any atom is -0.408 e. The fourth-order valence-electron chi connectivity index (χ4n) is 3.11. The third kappa shape index (κ3) is 4.04. The van der Waals surface area contributed by atoms with E-state index < -0.39 is 0 Å². The second kappa shape index (κ2) is 8.04. The molecule has 0 unspecified atom stereocenters. The fraction of sp³-hybridized carbons (Fsp3) is 0.333. The molecule has 0 aliphatic heterocycles. The van der Waals surface area contributed by atoms with Gasteiger partial charge in [0.25, 0.3) is 0 Å². The van der Waals surface area contributed by atoms with Crippen molar-refractivity contribution < 1.29 is 9.21 Å². The molecule has 0 aliphatic carbocycles. The summed E-state index contributed by atoms with van der Waals surface area (Å²) in [6.45, 7) is 4.57. The molecule has 0 spiro atoms. The predicted molar refractivity (Wildman–Crippen MR) is 102 cm³/mol. The first-order valence-electron chi connectivity index (χ1n) is 9.02. The van der Waals surface area contributed by atoms with Crippen molar-refractivity contribution in [1.82, 2.24) is 9.88 Å². The van der Waals surface area contributed by atoms with Crippen LogP contribution >= 0.6 is 0 Å². The Labute approximate surface area is 152 Å². The third-order valence-corrected chi connectivity index (χ3v) is 4.58. The van der Waals surface area contributed by atoms with E-state index in [9.17, 15) is 9.59 Å². The summed E-state index contributed by atoms with van der Waals surface area (Å²) < 4.78 is 6.80. The Balaban J connectivity index is 1.57. The molecule has 2 aromatic carbocycles. The predicted octanol–water partition coefficient (Wildman–Crippen LogP) is 3.95. The average Bonchev–Trinajstić information content (AvgIpc) is 2.96. The molecule has 0 radical (unpaired) electrons. The van der Waals surface area contributed by atoms with Crippen molar-refractivity contribution in [2.45, 2.75) is 45.7 Å². The minimum absolute atomic E-state index is 0.00160. The second-order valence-corrected chi connectivity index (χ2v) is 6.53. The molecule has 0 saturated heterocycles. The standard InChI is InChI=1S/C21H24N2O3/c1-3-17(16-12-10-15(2)11-13-16)22-20(24)9-6-14-23-18-7-4-5-8-19(18)26-21(23)25/h4-5,7-8,10-13,17H,3,6,9,14H2,1-2H3,(H,22,24)/t17-/m0/s1. The van der Waals surface area contributed by atoms with Gasteiger partial charge in [-0.1, -0.05) is 48.9 Å². The first kappa shape index (κ1) is 18.0. The van der Waals surface area contributed by atoms with Crippen LogP contribution in [-0.2, 0) is 11.3 Å². The topological polar surface area (TPSA) is 64.2 Å². The van der Waals surface area contributed by atoms with Crippen LogP contribution in [0.15, 0.2) is 57.7 Å². The normalized spacial score (nSPS) is 12.2. The van der Waals surface area contributed by atoms with Gasteiger partial charge in [-0.25, -0.2) is 4.79 Å². The van der Waals surface area contributed by atoms with Gasteiger partial charge in [0.1, 0.15) is 0 Å². The first-order valence-corrected chi connectivity index (χ1v) is 9.02. The minimum atomic E-state index is -0.377. The quantitative estimate of drug-likeness (QED) is 0.700. The van der Waals surface area contributed by atoms with Gasteiger partial charge in [0, 0.05) is 13.0 Å². The molecule has 1 N–H and O–H groups in total. The number of amides is 1. The molecule has 1 atom stereocenters. The maximum absolute atomic E-state index is 12.3. The third-order valence-electron chi connectivity index (χ3n) is 4.58. The van der Waals surface area contributed by atoms with Crippen LogP contribution in [-0.4, -0.2) is 10.5 Å². The molecule has 0 fully saturated rings. The van der Waals surface area contributed by atoms with Crippen molar-refractivity contribution in [3.63, 3.8) is 0 Å². The summed E-state index contributed by atoms with van der Waals surface area (Å²) in [6.07, 6.45) is 1.79. The number of oxazole rings is 1. The molecular formula is C21H24N2O3. The zero-order valence-corrected chi connectivity index (χ0v) is 15.2. The zero-order chi connectivity index (χ0) is 18.5. The number of rotatable bonds is 7. The molecule has 3 rings (SSSR count). The maximum atomic E-state index is 12.3. The van der Waals surface area contributed by atoms with Crippen LogP contribution in [0.1, 0.15) is 43.4 Å².